The molecule has 1 atom stereocenters. The van der Waals surface area contributed by atoms with Gasteiger partial charge >= 0.3 is 12.2 Å². The predicted molar refractivity (Wildman–Crippen MR) is 288 cm³/mol. The Morgan fingerprint density at radius 3 is 1.75 bits per heavy atom. The van der Waals surface area contributed by atoms with Gasteiger partial charge in [-0.25, -0.2) is 28.7 Å². The maximum Gasteiger partial charge on any atom is 0.410 e. The van der Waals surface area contributed by atoms with Gasteiger partial charge in [0, 0.05) is 104 Å². The molecule has 0 radical (unpaired) electrons. The lowest BCUT2D eigenvalue weighted by Gasteiger charge is -2.36. The minimum absolute atomic E-state index is 0.181. The van der Waals surface area contributed by atoms with Crippen molar-refractivity contribution in [3.05, 3.63) is 93.5 Å². The standard InChI is InChI=1S/C17H20BrClN4O2.C9H18N2O2.C8H5BrCl2N2.C8H4BrClN2O.Cl2OS/c1-17(2,3)25-16(24)23-6-4-22(5-7-23)15-11-8-13(19)12(18)9-14(11)20-10-21-15;1-9(2,3)13-8(12)11-6-4-10-5-7-11;9-5-2-7-4(1-6(5)10)8(11)13-3-12-7;9-5-2-7-4(1-6(5)10)8(13)12-3-11-7;1-4(2)3/h8-10H,4-7H2,1-3H3;10H,4-7H2,1-3H3;1-3,8H,(H,12,13);1-3H,(H,11,12,13);. The zero-order valence-electron chi connectivity index (χ0n) is 37.3. The van der Waals surface area contributed by atoms with E-state index in [0.717, 1.165) is 67.6 Å². The number of aliphatic imine (C=N–C) groups is 1. The minimum Gasteiger partial charge on any atom is -0.444 e. The average Bonchev–Trinajstić information content (AvgIpc) is 3.25. The number of hydrogen-bond acceptors (Lipinski definition) is 13. The number of alkyl halides is 1. The summed E-state index contributed by atoms with van der Waals surface area (Å²) >= 11 is 34.0. The molecular formula is C42H47Br3Cl6N10O6S. The Morgan fingerprint density at radius 1 is 0.721 bits per heavy atom. The molecule has 1 unspecified atom stereocenters. The van der Waals surface area contributed by atoms with Crippen LogP contribution in [0.1, 0.15) is 52.6 Å². The fourth-order valence-corrected chi connectivity index (χ4v) is 7.83. The number of benzene rings is 3. The van der Waals surface area contributed by atoms with Crippen LogP contribution in [-0.4, -0.2) is 116 Å². The van der Waals surface area contributed by atoms with E-state index in [0.29, 0.717) is 52.1 Å². The molecule has 3 aliphatic heterocycles. The first-order chi connectivity index (χ1) is 31.8. The van der Waals surface area contributed by atoms with Gasteiger partial charge in [0.1, 0.15) is 23.3 Å². The molecule has 0 aliphatic carbocycles. The second-order valence-electron chi connectivity index (χ2n) is 16.5. The molecule has 3 aromatic carbocycles. The molecule has 2 aromatic heterocycles. The molecule has 0 saturated carbocycles. The van der Waals surface area contributed by atoms with Crippen molar-refractivity contribution >= 4 is 177 Å². The van der Waals surface area contributed by atoms with Crippen LogP contribution in [0, 0.1) is 0 Å². The predicted octanol–water partition coefficient (Wildman–Crippen LogP) is 12.1. The Labute approximate surface area is 450 Å². The number of rotatable bonds is 1. The third-order valence-corrected chi connectivity index (χ3v) is 13.1. The highest BCUT2D eigenvalue weighted by atomic mass is 79.9. The lowest BCUT2D eigenvalue weighted by Crippen LogP contribution is -2.50. The molecule has 16 nitrogen and oxygen atoms in total. The van der Waals surface area contributed by atoms with Crippen molar-refractivity contribution in [2.24, 2.45) is 4.99 Å². The second-order valence-corrected chi connectivity index (χ2v) is 23.2. The molecule has 2 saturated heterocycles. The fraction of sp³-hybridized carbons (Fsp3) is 0.405. The third-order valence-electron chi connectivity index (χ3n) is 9.11. The number of carbonyl (C=O) groups is 2. The van der Waals surface area contributed by atoms with Crippen LogP contribution in [0.3, 0.4) is 0 Å². The van der Waals surface area contributed by atoms with Crippen LogP contribution < -0.4 is 21.1 Å². The van der Waals surface area contributed by atoms with Gasteiger partial charge in [-0.05, 0) is 126 Å². The van der Waals surface area contributed by atoms with E-state index in [4.69, 9.17) is 60.1 Å². The Balaban J connectivity index is 0.000000202. The van der Waals surface area contributed by atoms with Crippen molar-refractivity contribution in [3.63, 3.8) is 0 Å². The number of aromatic nitrogens is 4. The number of fused-ring (bicyclic) bond motifs is 3. The number of carbonyl (C=O) groups excluding carboxylic acids is 2. The number of nitrogens with zero attached hydrogens (tertiary/aromatic N) is 7. The van der Waals surface area contributed by atoms with Crippen LogP contribution in [0.15, 0.2) is 72.3 Å². The number of aromatic amines is 1. The zero-order chi connectivity index (χ0) is 50.5. The van der Waals surface area contributed by atoms with Gasteiger partial charge in [0.2, 0.25) is 9.23 Å². The summed E-state index contributed by atoms with van der Waals surface area (Å²) in [6.45, 7) is 17.0. The first kappa shape index (κ1) is 57.8. The number of halogens is 9. The smallest absolute Gasteiger partial charge is 0.410 e. The van der Waals surface area contributed by atoms with E-state index >= 15 is 0 Å². The second kappa shape index (κ2) is 26.6. The number of ether oxygens (including phenoxy) is 2. The fourth-order valence-electron chi connectivity index (χ4n) is 6.09. The molecule has 370 valence electrons. The number of nitrogens with one attached hydrogen (secondary N) is 3. The molecule has 68 heavy (non-hydrogen) atoms. The Hall–Kier alpha value is -2.76. The van der Waals surface area contributed by atoms with Gasteiger partial charge in [-0.1, -0.05) is 46.4 Å². The van der Waals surface area contributed by atoms with Crippen molar-refractivity contribution in [3.8, 4) is 0 Å². The summed E-state index contributed by atoms with van der Waals surface area (Å²) in [6, 6.07) is 10.8. The topological polar surface area (TPSA) is 187 Å². The normalized spacial score (nSPS) is 15.5. The van der Waals surface area contributed by atoms with Crippen LogP contribution in [0.4, 0.5) is 21.1 Å². The number of hydrogen-bond donors (Lipinski definition) is 3. The molecular weight excluding hydrogens is 1230 g/mol. The van der Waals surface area contributed by atoms with Crippen molar-refractivity contribution in [2.75, 3.05) is 62.6 Å². The molecule has 5 heterocycles. The highest BCUT2D eigenvalue weighted by Crippen LogP contribution is 2.37. The SMILES string of the molecule is CC(C)(C)OC(=O)N1CCN(c2ncnc3cc(Br)c(Cl)cc23)CC1.CC(C)(C)OC(=O)N1CCNCC1.Clc1cc2c(cc1Br)NC=NC2Cl.O=S(Cl)Cl.O=c1[nH]cnc2cc(Br)c(Cl)cc12. The molecule has 26 heteroatoms. The van der Waals surface area contributed by atoms with E-state index < -0.39 is 14.8 Å². The zero-order valence-corrected chi connectivity index (χ0v) is 47.4. The third kappa shape index (κ3) is 18.4. The monoisotopic (exact) mass is 1270 g/mol. The summed E-state index contributed by atoms with van der Waals surface area (Å²) < 4.78 is 22.1. The minimum atomic E-state index is -1.67. The van der Waals surface area contributed by atoms with E-state index in [1.54, 1.807) is 34.6 Å². The summed E-state index contributed by atoms with van der Waals surface area (Å²) in [5.74, 6) is 0.836. The molecule has 0 spiro atoms. The summed E-state index contributed by atoms with van der Waals surface area (Å²) in [5, 5.41) is 9.35. The molecule has 3 N–H and O–H groups in total. The first-order valence-electron chi connectivity index (χ1n) is 20.3. The van der Waals surface area contributed by atoms with Gasteiger partial charge in [-0.15, -0.1) is 0 Å². The lowest BCUT2D eigenvalue weighted by molar-refractivity contribution is 0.0223. The van der Waals surface area contributed by atoms with E-state index in [1.807, 2.05) is 65.8 Å². The van der Waals surface area contributed by atoms with Gasteiger partial charge in [-0.2, -0.15) is 0 Å². The number of anilines is 2. The lowest BCUT2D eigenvalue weighted by atomic mass is 10.1. The first-order valence-corrected chi connectivity index (χ1v) is 27.1. The maximum absolute atomic E-state index is 12.2. The van der Waals surface area contributed by atoms with Crippen molar-refractivity contribution in [2.45, 2.75) is 58.2 Å². The summed E-state index contributed by atoms with van der Waals surface area (Å²) in [5.41, 5.74) is 1.89. The van der Waals surface area contributed by atoms with Crippen molar-refractivity contribution < 1.29 is 23.3 Å². The quantitative estimate of drug-likeness (QED) is 0.0820. The molecule has 3 aliphatic rings. The molecule has 2 amide bonds. The van der Waals surface area contributed by atoms with Gasteiger partial charge in [0.25, 0.3) is 5.56 Å². The van der Waals surface area contributed by atoms with Crippen LogP contribution >= 0.6 is 116 Å². The maximum atomic E-state index is 12.2. The van der Waals surface area contributed by atoms with Crippen LogP contribution in [0.2, 0.25) is 15.1 Å². The van der Waals surface area contributed by atoms with Gasteiger partial charge in [0.15, 0.2) is 5.50 Å². The summed E-state index contributed by atoms with van der Waals surface area (Å²) in [7, 11) is 7.36. The van der Waals surface area contributed by atoms with Gasteiger partial charge < -0.3 is 39.8 Å². The van der Waals surface area contributed by atoms with Crippen molar-refractivity contribution in [1.29, 1.82) is 0 Å². The summed E-state index contributed by atoms with van der Waals surface area (Å²) in [4.78, 5) is 59.8. The Bertz CT molecular complexity index is 2660. The average molecular weight is 1270 g/mol. The van der Waals surface area contributed by atoms with E-state index in [2.05, 4.69) is 110 Å². The molecule has 0 bridgehead atoms. The van der Waals surface area contributed by atoms with Crippen LogP contribution in [-0.2, 0) is 18.7 Å². The number of piperazine rings is 2. The summed E-state index contributed by atoms with van der Waals surface area (Å²) in [6.07, 6.45) is 4.03. The van der Waals surface area contributed by atoms with E-state index in [9.17, 15) is 14.4 Å². The van der Waals surface area contributed by atoms with E-state index in [-0.39, 0.29) is 28.8 Å². The number of amides is 2. The molecule has 2 fully saturated rings. The van der Waals surface area contributed by atoms with Crippen LogP contribution in [0.5, 0.6) is 0 Å². The largest absolute Gasteiger partial charge is 0.444 e. The van der Waals surface area contributed by atoms with Crippen molar-refractivity contribution in [1.82, 2.24) is 35.1 Å². The van der Waals surface area contributed by atoms with Gasteiger partial charge in [-0.3, -0.25) is 9.79 Å². The Kier molecular flexibility index (Phi) is 22.6. The Morgan fingerprint density at radius 2 is 1.21 bits per heavy atom. The number of H-pyrrole nitrogens is 1. The molecule has 5 aromatic rings. The highest BCUT2D eigenvalue weighted by Gasteiger charge is 2.27. The van der Waals surface area contributed by atoms with Gasteiger partial charge in [0.05, 0.1) is 44.2 Å². The van der Waals surface area contributed by atoms with Crippen LogP contribution in [0.25, 0.3) is 21.8 Å². The van der Waals surface area contributed by atoms with E-state index in [1.165, 1.54) is 6.33 Å². The molecule has 8 rings (SSSR count). The highest BCUT2D eigenvalue weighted by molar-refractivity contribution is 9.11.